The van der Waals surface area contributed by atoms with Crippen LogP contribution in [0.15, 0.2) is 24.7 Å². The first-order valence-corrected chi connectivity index (χ1v) is 4.42. The minimum absolute atomic E-state index is 0.0486. The molecule has 4 nitrogen and oxygen atoms in total. The fourth-order valence-corrected chi connectivity index (χ4v) is 0.620. The Hall–Kier alpha value is -1.45. The number of carbonyl (C=O) groups excluding carboxylic acids is 1. The van der Waals surface area contributed by atoms with Gasteiger partial charge in [-0.3, -0.25) is 0 Å². The molecule has 0 aromatic heterocycles. The normalized spacial score (nSPS) is 20.2. The summed E-state index contributed by atoms with van der Waals surface area (Å²) in [5, 5.41) is 0. The van der Waals surface area contributed by atoms with E-state index < -0.39 is 6.16 Å². The van der Waals surface area contributed by atoms with E-state index in [-0.39, 0.29) is 6.10 Å². The molecular weight excluding hydrogens is 184 g/mol. The van der Waals surface area contributed by atoms with Gasteiger partial charge in [0.05, 0.1) is 12.5 Å². The molecular formula is C10H16O4. The summed E-state index contributed by atoms with van der Waals surface area (Å²) in [5.41, 5.74) is 0. The van der Waals surface area contributed by atoms with Crippen LogP contribution < -0.4 is 0 Å². The van der Waals surface area contributed by atoms with E-state index in [0.29, 0.717) is 6.61 Å². The Morgan fingerprint density at radius 1 is 1.36 bits per heavy atom. The standard InChI is InChI=1S/C6H10O.C4H6O3/c1-3-5-7-6-4-2;1-3-2-6-4(5)7-3/h3-6H,1-2H3;3H,2H2,1H3. The molecule has 1 aliphatic heterocycles. The molecule has 0 aromatic carbocycles. The van der Waals surface area contributed by atoms with Gasteiger partial charge in [0.25, 0.3) is 0 Å². The second kappa shape index (κ2) is 8.16. The summed E-state index contributed by atoms with van der Waals surface area (Å²) in [5.74, 6) is 0. The lowest BCUT2D eigenvalue weighted by Gasteiger charge is -1.90. The molecule has 0 spiro atoms. The van der Waals surface area contributed by atoms with Crippen molar-refractivity contribution in [3.8, 4) is 0 Å². The van der Waals surface area contributed by atoms with Gasteiger partial charge in [0.15, 0.2) is 0 Å². The van der Waals surface area contributed by atoms with E-state index in [1.807, 2.05) is 26.0 Å². The SMILES string of the molecule is CC1COC(=O)O1.CC=COC=CC. The lowest BCUT2D eigenvalue weighted by molar-refractivity contribution is 0.121. The van der Waals surface area contributed by atoms with Crippen molar-refractivity contribution in [2.75, 3.05) is 6.61 Å². The van der Waals surface area contributed by atoms with E-state index in [4.69, 9.17) is 4.74 Å². The third-order valence-electron chi connectivity index (χ3n) is 1.16. The third-order valence-corrected chi connectivity index (χ3v) is 1.16. The van der Waals surface area contributed by atoms with Crippen LogP contribution in [-0.2, 0) is 14.2 Å². The Kier molecular flexibility index (Phi) is 7.32. The van der Waals surface area contributed by atoms with Crippen LogP contribution in [0.5, 0.6) is 0 Å². The number of cyclic esters (lactones) is 2. The largest absolute Gasteiger partial charge is 0.508 e. The van der Waals surface area contributed by atoms with Gasteiger partial charge in [-0.1, -0.05) is 12.2 Å². The second-order valence-electron chi connectivity index (χ2n) is 2.56. The molecule has 1 heterocycles. The van der Waals surface area contributed by atoms with Crippen molar-refractivity contribution >= 4 is 6.16 Å². The molecule has 0 N–H and O–H groups in total. The summed E-state index contributed by atoms with van der Waals surface area (Å²) in [6.07, 6.45) is 6.32. The first-order chi connectivity index (χ1) is 6.70. The maximum atomic E-state index is 10.0. The average molecular weight is 200 g/mol. The molecule has 1 fully saturated rings. The van der Waals surface area contributed by atoms with Crippen molar-refractivity contribution in [3.05, 3.63) is 24.7 Å². The Balaban J connectivity index is 0.000000241. The fourth-order valence-electron chi connectivity index (χ4n) is 0.620. The summed E-state index contributed by atoms with van der Waals surface area (Å²) >= 11 is 0. The van der Waals surface area contributed by atoms with Crippen LogP contribution in [0.3, 0.4) is 0 Å². The number of rotatable bonds is 2. The summed E-state index contributed by atoms with van der Waals surface area (Å²) in [7, 11) is 0. The van der Waals surface area contributed by atoms with Crippen LogP contribution in [0.2, 0.25) is 0 Å². The minimum Gasteiger partial charge on any atom is -0.473 e. The molecule has 4 heteroatoms. The highest BCUT2D eigenvalue weighted by Crippen LogP contribution is 2.02. The zero-order chi connectivity index (χ0) is 10.8. The monoisotopic (exact) mass is 200 g/mol. The fraction of sp³-hybridized carbons (Fsp3) is 0.500. The maximum absolute atomic E-state index is 10.0. The third kappa shape index (κ3) is 7.21. The van der Waals surface area contributed by atoms with Crippen molar-refractivity contribution in [2.45, 2.75) is 26.9 Å². The Morgan fingerprint density at radius 3 is 2.14 bits per heavy atom. The van der Waals surface area contributed by atoms with E-state index in [1.54, 1.807) is 19.4 Å². The highest BCUT2D eigenvalue weighted by atomic mass is 16.8. The van der Waals surface area contributed by atoms with Gasteiger partial charge in [-0.05, 0) is 20.8 Å². The smallest absolute Gasteiger partial charge is 0.473 e. The predicted octanol–water partition coefficient (Wildman–Crippen LogP) is 2.61. The van der Waals surface area contributed by atoms with Crippen molar-refractivity contribution in [3.63, 3.8) is 0 Å². The molecule has 0 bridgehead atoms. The molecule has 1 atom stereocenters. The number of carbonyl (C=O) groups is 1. The van der Waals surface area contributed by atoms with Crippen LogP contribution in [-0.4, -0.2) is 18.9 Å². The van der Waals surface area contributed by atoms with Crippen molar-refractivity contribution in [2.24, 2.45) is 0 Å². The molecule has 1 unspecified atom stereocenters. The molecule has 80 valence electrons. The molecule has 0 amide bonds. The maximum Gasteiger partial charge on any atom is 0.508 e. The predicted molar refractivity (Wildman–Crippen MR) is 52.6 cm³/mol. The van der Waals surface area contributed by atoms with Gasteiger partial charge in [-0.15, -0.1) is 0 Å². The molecule has 1 rings (SSSR count). The number of hydrogen-bond acceptors (Lipinski definition) is 4. The average Bonchev–Trinajstić information content (AvgIpc) is 2.52. The highest BCUT2D eigenvalue weighted by Gasteiger charge is 2.19. The van der Waals surface area contributed by atoms with Crippen molar-refractivity contribution in [1.29, 1.82) is 0 Å². The zero-order valence-corrected chi connectivity index (χ0v) is 8.73. The summed E-state index contributed by atoms with van der Waals surface area (Å²) < 4.78 is 13.7. The van der Waals surface area contributed by atoms with Crippen molar-refractivity contribution < 1.29 is 19.0 Å². The molecule has 1 aliphatic rings. The molecule has 0 aliphatic carbocycles. The minimum atomic E-state index is -0.549. The summed E-state index contributed by atoms with van der Waals surface area (Å²) in [6, 6.07) is 0. The van der Waals surface area contributed by atoms with Gasteiger partial charge in [0.1, 0.15) is 12.7 Å². The summed E-state index contributed by atoms with van der Waals surface area (Å²) in [4.78, 5) is 10.0. The van der Waals surface area contributed by atoms with Gasteiger partial charge in [0.2, 0.25) is 0 Å². The lowest BCUT2D eigenvalue weighted by atomic mass is 10.5. The molecule has 0 aromatic rings. The van der Waals surface area contributed by atoms with E-state index in [1.165, 1.54) is 0 Å². The molecule has 0 saturated carbocycles. The van der Waals surface area contributed by atoms with Crippen LogP contribution in [0.4, 0.5) is 4.79 Å². The highest BCUT2D eigenvalue weighted by molar-refractivity contribution is 5.61. The molecule has 14 heavy (non-hydrogen) atoms. The van der Waals surface area contributed by atoms with Crippen molar-refractivity contribution in [1.82, 2.24) is 0 Å². The van der Waals surface area contributed by atoms with Crippen LogP contribution in [0, 0.1) is 0 Å². The molecule has 1 saturated heterocycles. The number of allylic oxidation sites excluding steroid dienone is 2. The second-order valence-corrected chi connectivity index (χ2v) is 2.56. The van der Waals surface area contributed by atoms with Gasteiger partial charge < -0.3 is 14.2 Å². The lowest BCUT2D eigenvalue weighted by Crippen LogP contribution is -2.01. The Bertz CT molecular complexity index is 198. The van der Waals surface area contributed by atoms with Gasteiger partial charge in [-0.2, -0.15) is 0 Å². The van der Waals surface area contributed by atoms with Gasteiger partial charge >= 0.3 is 6.16 Å². The zero-order valence-electron chi connectivity index (χ0n) is 8.73. The number of hydrogen-bond donors (Lipinski definition) is 0. The van der Waals surface area contributed by atoms with Crippen LogP contribution in [0.1, 0.15) is 20.8 Å². The topological polar surface area (TPSA) is 44.8 Å². The van der Waals surface area contributed by atoms with Gasteiger partial charge in [-0.25, -0.2) is 4.79 Å². The van der Waals surface area contributed by atoms with E-state index in [2.05, 4.69) is 9.47 Å². The Morgan fingerprint density at radius 2 is 1.93 bits per heavy atom. The van der Waals surface area contributed by atoms with E-state index in [0.717, 1.165) is 0 Å². The molecule has 0 radical (unpaired) electrons. The first kappa shape index (κ1) is 12.6. The first-order valence-electron chi connectivity index (χ1n) is 4.42. The Labute approximate surface area is 84.1 Å². The summed E-state index contributed by atoms with van der Waals surface area (Å²) in [6.45, 7) is 6.00. The van der Waals surface area contributed by atoms with E-state index >= 15 is 0 Å². The van der Waals surface area contributed by atoms with Gasteiger partial charge in [0, 0.05) is 0 Å². The van der Waals surface area contributed by atoms with Crippen LogP contribution >= 0.6 is 0 Å². The van der Waals surface area contributed by atoms with Crippen LogP contribution in [0.25, 0.3) is 0 Å². The quantitative estimate of drug-likeness (QED) is 0.507. The number of ether oxygens (including phenoxy) is 3. The van der Waals surface area contributed by atoms with E-state index in [9.17, 15) is 4.79 Å².